The van der Waals surface area contributed by atoms with Crippen LogP contribution < -0.4 is 4.74 Å². The first kappa shape index (κ1) is 15.0. The molecule has 0 radical (unpaired) electrons. The van der Waals surface area contributed by atoms with Gasteiger partial charge in [-0.15, -0.1) is 0 Å². The summed E-state index contributed by atoms with van der Waals surface area (Å²) in [7, 11) is 0. The summed E-state index contributed by atoms with van der Waals surface area (Å²) in [4.78, 5) is 21.2. The van der Waals surface area contributed by atoms with Crippen molar-refractivity contribution in [3.05, 3.63) is 55.9 Å². The molecule has 0 unspecified atom stereocenters. The quantitative estimate of drug-likeness (QED) is 0.649. The zero-order valence-corrected chi connectivity index (χ0v) is 12.4. The lowest BCUT2D eigenvalue weighted by Gasteiger charge is -2.06. The van der Waals surface area contributed by atoms with Gasteiger partial charge in [-0.2, -0.15) is 0 Å². The summed E-state index contributed by atoms with van der Waals surface area (Å²) < 4.78 is 10.9. The molecule has 0 bridgehead atoms. The third kappa shape index (κ3) is 3.22. The van der Waals surface area contributed by atoms with Crippen LogP contribution in [-0.2, 0) is 6.61 Å². The van der Waals surface area contributed by atoms with E-state index in [0.29, 0.717) is 5.76 Å². The Labute approximate surface area is 127 Å². The van der Waals surface area contributed by atoms with Crippen LogP contribution in [0.4, 0.5) is 5.69 Å². The van der Waals surface area contributed by atoms with Crippen LogP contribution in [0.2, 0.25) is 0 Å². The summed E-state index contributed by atoms with van der Waals surface area (Å²) in [5, 5.41) is 19.7. The number of halogens is 1. The SMILES string of the molecule is Cc1oc(COc2cccc([N+](=O)[O-])c2Br)cc1C(=O)O. The van der Waals surface area contributed by atoms with Gasteiger partial charge in [-0.3, -0.25) is 10.1 Å². The van der Waals surface area contributed by atoms with E-state index in [0.717, 1.165) is 0 Å². The number of hydrogen-bond donors (Lipinski definition) is 1. The molecule has 0 atom stereocenters. The predicted molar refractivity (Wildman–Crippen MR) is 75.5 cm³/mol. The number of ether oxygens (including phenoxy) is 1. The second-order valence-corrected chi connectivity index (χ2v) is 4.92. The first-order valence-corrected chi connectivity index (χ1v) is 6.57. The van der Waals surface area contributed by atoms with Crippen LogP contribution in [0.15, 0.2) is 33.2 Å². The molecular formula is C13H10BrNO6. The van der Waals surface area contributed by atoms with Gasteiger partial charge < -0.3 is 14.3 Å². The van der Waals surface area contributed by atoms with Crippen LogP contribution in [0.25, 0.3) is 0 Å². The van der Waals surface area contributed by atoms with E-state index in [2.05, 4.69) is 15.9 Å². The predicted octanol–water partition coefficient (Wildman–Crippen LogP) is 3.54. The maximum atomic E-state index is 10.9. The van der Waals surface area contributed by atoms with Crippen molar-refractivity contribution >= 4 is 27.6 Å². The molecular weight excluding hydrogens is 346 g/mol. The number of benzene rings is 1. The summed E-state index contributed by atoms with van der Waals surface area (Å²) in [6, 6.07) is 5.76. The Morgan fingerprint density at radius 3 is 2.81 bits per heavy atom. The Morgan fingerprint density at radius 2 is 2.24 bits per heavy atom. The molecule has 1 N–H and O–H groups in total. The van der Waals surface area contributed by atoms with Gasteiger partial charge in [0.25, 0.3) is 5.69 Å². The fourth-order valence-electron chi connectivity index (χ4n) is 1.73. The number of carboxylic acids is 1. The number of furan rings is 1. The van der Waals surface area contributed by atoms with E-state index in [-0.39, 0.29) is 33.8 Å². The highest BCUT2D eigenvalue weighted by atomic mass is 79.9. The topological polar surface area (TPSA) is 103 Å². The Bertz CT molecular complexity index is 709. The standard InChI is InChI=1S/C13H10BrNO6/c1-7-9(13(16)17)5-8(21-7)6-20-11-4-2-3-10(12(11)14)15(18)19/h2-5H,6H2,1H3,(H,16,17). The van der Waals surface area contributed by atoms with Crippen LogP contribution >= 0.6 is 15.9 Å². The lowest BCUT2D eigenvalue weighted by Crippen LogP contribution is -1.97. The zero-order chi connectivity index (χ0) is 15.6. The number of nitro benzene ring substituents is 1. The summed E-state index contributed by atoms with van der Waals surface area (Å²) in [6.07, 6.45) is 0. The number of aromatic carboxylic acids is 1. The van der Waals surface area contributed by atoms with E-state index >= 15 is 0 Å². The van der Waals surface area contributed by atoms with E-state index in [9.17, 15) is 14.9 Å². The van der Waals surface area contributed by atoms with Gasteiger partial charge in [0.15, 0.2) is 0 Å². The van der Waals surface area contributed by atoms with Crippen molar-refractivity contribution in [2.24, 2.45) is 0 Å². The molecule has 1 aromatic heterocycles. The lowest BCUT2D eigenvalue weighted by molar-refractivity contribution is -0.385. The lowest BCUT2D eigenvalue weighted by atomic mass is 10.2. The number of aryl methyl sites for hydroxylation is 1. The van der Waals surface area contributed by atoms with Crippen LogP contribution in [0.3, 0.4) is 0 Å². The van der Waals surface area contributed by atoms with E-state index in [1.54, 1.807) is 6.07 Å². The first-order valence-electron chi connectivity index (χ1n) is 5.78. The van der Waals surface area contributed by atoms with Crippen molar-refractivity contribution in [3.8, 4) is 5.75 Å². The number of rotatable bonds is 5. The molecule has 0 spiro atoms. The average molecular weight is 356 g/mol. The molecule has 1 aromatic carbocycles. The van der Waals surface area contributed by atoms with Crippen LogP contribution in [0.5, 0.6) is 5.75 Å². The fraction of sp³-hybridized carbons (Fsp3) is 0.154. The van der Waals surface area contributed by atoms with Gasteiger partial charge in [0.1, 0.15) is 33.9 Å². The second-order valence-electron chi connectivity index (χ2n) is 4.12. The highest BCUT2D eigenvalue weighted by molar-refractivity contribution is 9.10. The van der Waals surface area contributed by atoms with Crippen molar-refractivity contribution < 1.29 is 24.0 Å². The molecule has 0 saturated heterocycles. The Balaban J connectivity index is 2.17. The van der Waals surface area contributed by atoms with Crippen molar-refractivity contribution in [1.82, 2.24) is 0 Å². The molecule has 2 aromatic rings. The molecule has 0 saturated carbocycles. The smallest absolute Gasteiger partial charge is 0.339 e. The van der Waals surface area contributed by atoms with Crippen LogP contribution in [0, 0.1) is 17.0 Å². The van der Waals surface area contributed by atoms with Gasteiger partial charge in [-0.05, 0) is 35.0 Å². The molecule has 7 nitrogen and oxygen atoms in total. The minimum Gasteiger partial charge on any atom is -0.484 e. The van der Waals surface area contributed by atoms with Gasteiger partial charge in [0, 0.05) is 6.07 Å². The van der Waals surface area contributed by atoms with Crippen molar-refractivity contribution in [1.29, 1.82) is 0 Å². The Hall–Kier alpha value is -2.35. The molecule has 0 amide bonds. The number of nitro groups is 1. The first-order chi connectivity index (χ1) is 9.90. The molecule has 0 aliphatic heterocycles. The molecule has 0 aliphatic rings. The molecule has 1 heterocycles. The summed E-state index contributed by atoms with van der Waals surface area (Å²) >= 11 is 3.11. The van der Waals surface area contributed by atoms with Crippen LogP contribution in [-0.4, -0.2) is 16.0 Å². The van der Waals surface area contributed by atoms with Crippen molar-refractivity contribution in [2.45, 2.75) is 13.5 Å². The van der Waals surface area contributed by atoms with Gasteiger partial charge in [0.05, 0.1) is 4.92 Å². The third-order valence-corrected chi connectivity index (χ3v) is 3.51. The number of nitrogens with zero attached hydrogens (tertiary/aromatic N) is 1. The van der Waals surface area contributed by atoms with E-state index in [1.807, 2.05) is 0 Å². The number of carboxylic acid groups (broad SMARTS) is 1. The molecule has 8 heteroatoms. The van der Waals surface area contributed by atoms with Crippen molar-refractivity contribution in [2.75, 3.05) is 0 Å². The minimum atomic E-state index is -1.08. The monoisotopic (exact) mass is 355 g/mol. The summed E-state index contributed by atoms with van der Waals surface area (Å²) in [5.41, 5.74) is -0.0546. The van der Waals surface area contributed by atoms with E-state index in [4.69, 9.17) is 14.3 Å². The van der Waals surface area contributed by atoms with E-state index < -0.39 is 10.9 Å². The average Bonchev–Trinajstić information content (AvgIpc) is 2.78. The maximum absolute atomic E-state index is 10.9. The largest absolute Gasteiger partial charge is 0.484 e. The second kappa shape index (κ2) is 5.96. The molecule has 110 valence electrons. The van der Waals surface area contributed by atoms with Gasteiger partial charge >= 0.3 is 5.97 Å². The van der Waals surface area contributed by atoms with E-state index in [1.165, 1.54) is 25.1 Å². The maximum Gasteiger partial charge on any atom is 0.339 e. The Kier molecular flexibility index (Phi) is 4.27. The Morgan fingerprint density at radius 1 is 1.52 bits per heavy atom. The minimum absolute atomic E-state index is 0.0338. The molecule has 2 rings (SSSR count). The highest BCUT2D eigenvalue weighted by Crippen LogP contribution is 2.34. The number of carbonyl (C=O) groups is 1. The summed E-state index contributed by atoms with van der Waals surface area (Å²) in [6.45, 7) is 1.50. The number of hydrogen-bond acceptors (Lipinski definition) is 5. The normalized spacial score (nSPS) is 10.4. The van der Waals surface area contributed by atoms with Gasteiger partial charge in [-0.1, -0.05) is 6.07 Å². The fourth-order valence-corrected chi connectivity index (χ4v) is 2.25. The molecule has 0 fully saturated rings. The third-order valence-electron chi connectivity index (χ3n) is 2.71. The zero-order valence-electron chi connectivity index (χ0n) is 10.8. The van der Waals surface area contributed by atoms with Gasteiger partial charge in [-0.25, -0.2) is 4.79 Å². The van der Waals surface area contributed by atoms with Gasteiger partial charge in [0.2, 0.25) is 0 Å². The van der Waals surface area contributed by atoms with Crippen molar-refractivity contribution in [3.63, 3.8) is 0 Å². The molecule has 0 aliphatic carbocycles. The van der Waals surface area contributed by atoms with Crippen LogP contribution in [0.1, 0.15) is 21.9 Å². The molecule has 21 heavy (non-hydrogen) atoms. The highest BCUT2D eigenvalue weighted by Gasteiger charge is 2.17. The summed E-state index contributed by atoms with van der Waals surface area (Å²) in [5.74, 6) is -0.211.